The summed E-state index contributed by atoms with van der Waals surface area (Å²) >= 11 is 6.47. The minimum Gasteiger partial charge on any atom is -0.275 e. The van der Waals surface area contributed by atoms with E-state index in [-0.39, 0.29) is 17.6 Å². The summed E-state index contributed by atoms with van der Waals surface area (Å²) in [5.74, 6) is 0. The Kier molecular flexibility index (Phi) is 3.86. The largest absolute Gasteiger partial charge is 0.275 e. The van der Waals surface area contributed by atoms with Crippen LogP contribution in [-0.4, -0.2) is 5.24 Å². The van der Waals surface area contributed by atoms with E-state index in [2.05, 4.69) is 0 Å². The van der Waals surface area contributed by atoms with E-state index >= 15 is 0 Å². The van der Waals surface area contributed by atoms with E-state index in [1.54, 1.807) is 12.1 Å². The third kappa shape index (κ3) is 2.35. The van der Waals surface area contributed by atoms with Gasteiger partial charge in [0, 0.05) is 0 Å². The number of halogens is 2. The lowest BCUT2D eigenvalue weighted by atomic mass is 10.5. The van der Waals surface area contributed by atoms with E-state index in [0.29, 0.717) is 4.88 Å². The molecule has 1 aromatic heterocycles. The third-order valence-corrected chi connectivity index (χ3v) is 1.90. The first-order chi connectivity index (χ1) is 3.80. The minimum atomic E-state index is -0.375. The summed E-state index contributed by atoms with van der Waals surface area (Å²) in [6.07, 6.45) is 0. The highest BCUT2D eigenvalue weighted by Gasteiger charge is 1.98. The van der Waals surface area contributed by atoms with Gasteiger partial charge in [0.1, 0.15) is 0 Å². The molecule has 1 rings (SSSR count). The number of rotatable bonds is 1. The number of hydrogen-bond donors (Lipinski definition) is 0. The molecule has 0 saturated carbocycles. The molecule has 1 heterocycles. The first-order valence-corrected chi connectivity index (χ1v) is 3.30. The number of hydrogen-bond acceptors (Lipinski definition) is 2. The van der Waals surface area contributed by atoms with Crippen LogP contribution in [0.5, 0.6) is 0 Å². The average molecular weight is 183 g/mol. The van der Waals surface area contributed by atoms with Crippen molar-refractivity contribution in [2.75, 3.05) is 0 Å². The fourth-order valence-corrected chi connectivity index (χ4v) is 1.14. The molecule has 0 N–H and O–H groups in total. The molecule has 0 aliphatic heterocycles. The van der Waals surface area contributed by atoms with Crippen LogP contribution in [-0.2, 0) is 0 Å². The van der Waals surface area contributed by atoms with Crippen LogP contribution < -0.4 is 0 Å². The first kappa shape index (κ1) is 8.95. The van der Waals surface area contributed by atoms with Gasteiger partial charge in [0.2, 0.25) is 0 Å². The highest BCUT2D eigenvalue weighted by atomic mass is 35.5. The maximum atomic E-state index is 10.3. The predicted octanol–water partition coefficient (Wildman–Crippen LogP) is 2.55. The zero-order chi connectivity index (χ0) is 5.98. The van der Waals surface area contributed by atoms with E-state index in [0.717, 1.165) is 0 Å². The van der Waals surface area contributed by atoms with Gasteiger partial charge in [0.05, 0.1) is 4.88 Å². The Hall–Kier alpha value is -0.0500. The number of carbonyl (C=O) groups is 1. The van der Waals surface area contributed by atoms with Crippen LogP contribution in [0.3, 0.4) is 0 Å². The highest BCUT2D eigenvalue weighted by molar-refractivity contribution is 7.13. The lowest BCUT2D eigenvalue weighted by molar-refractivity contribution is 0.108. The molecule has 0 aliphatic carbocycles. The molecule has 9 heavy (non-hydrogen) atoms. The molecule has 1 nitrogen and oxygen atoms in total. The Balaban J connectivity index is 0.000000640. The van der Waals surface area contributed by atoms with Crippen LogP contribution in [0, 0.1) is 0 Å². The second-order valence-electron chi connectivity index (χ2n) is 1.25. The van der Waals surface area contributed by atoms with Crippen molar-refractivity contribution in [3.05, 3.63) is 22.4 Å². The standard InChI is InChI=1S/C5H3ClOS.ClH/c6-5(7)4-2-1-3-8-4;/h1-3H;1H. The molecule has 4 heteroatoms. The molecule has 0 amide bonds. The fourth-order valence-electron chi connectivity index (χ4n) is 0.390. The van der Waals surface area contributed by atoms with Gasteiger partial charge in [-0.25, -0.2) is 0 Å². The molecule has 0 spiro atoms. The van der Waals surface area contributed by atoms with Gasteiger partial charge in [-0.3, -0.25) is 4.79 Å². The van der Waals surface area contributed by atoms with Crippen molar-refractivity contribution >= 4 is 40.6 Å². The lowest BCUT2D eigenvalue weighted by Crippen LogP contribution is -1.78. The molecular formula is C5H4Cl2OS. The SMILES string of the molecule is Cl.O=C(Cl)c1cccs1. The Bertz CT molecular complexity index is 183. The molecule has 1 aromatic rings. The third-order valence-electron chi connectivity index (χ3n) is 0.715. The maximum absolute atomic E-state index is 10.3. The van der Waals surface area contributed by atoms with E-state index in [9.17, 15) is 4.79 Å². The van der Waals surface area contributed by atoms with Crippen molar-refractivity contribution in [1.29, 1.82) is 0 Å². The molecule has 0 fully saturated rings. The Morgan fingerprint density at radius 3 is 2.56 bits per heavy atom. The van der Waals surface area contributed by atoms with E-state index < -0.39 is 0 Å². The first-order valence-electron chi connectivity index (χ1n) is 2.04. The molecule has 0 bridgehead atoms. The quantitative estimate of drug-likeness (QED) is 0.611. The van der Waals surface area contributed by atoms with Crippen molar-refractivity contribution in [3.8, 4) is 0 Å². The smallest absolute Gasteiger partial charge is 0.262 e. The van der Waals surface area contributed by atoms with Gasteiger partial charge in [-0.1, -0.05) is 6.07 Å². The van der Waals surface area contributed by atoms with Gasteiger partial charge in [-0.15, -0.1) is 23.7 Å². The summed E-state index contributed by atoms with van der Waals surface area (Å²) in [4.78, 5) is 10.9. The van der Waals surface area contributed by atoms with Crippen LogP contribution in [0.4, 0.5) is 0 Å². The van der Waals surface area contributed by atoms with Crippen LogP contribution in [0.2, 0.25) is 0 Å². The topological polar surface area (TPSA) is 17.1 Å². The number of carbonyl (C=O) groups excluding carboxylic acids is 1. The summed E-state index contributed by atoms with van der Waals surface area (Å²) in [7, 11) is 0. The van der Waals surface area contributed by atoms with Gasteiger partial charge in [0.25, 0.3) is 5.24 Å². The van der Waals surface area contributed by atoms with Crippen molar-refractivity contribution in [3.63, 3.8) is 0 Å². The van der Waals surface area contributed by atoms with E-state index in [4.69, 9.17) is 11.6 Å². The second-order valence-corrected chi connectivity index (χ2v) is 2.54. The van der Waals surface area contributed by atoms with Crippen LogP contribution in [0.15, 0.2) is 17.5 Å². The number of thiophene rings is 1. The molecule has 0 aliphatic rings. The van der Waals surface area contributed by atoms with Gasteiger partial charge in [-0.2, -0.15) is 0 Å². The molecule has 0 radical (unpaired) electrons. The Labute approximate surface area is 68.1 Å². The maximum Gasteiger partial charge on any atom is 0.262 e. The van der Waals surface area contributed by atoms with Gasteiger partial charge in [-0.05, 0) is 23.0 Å². The zero-order valence-corrected chi connectivity index (χ0v) is 6.72. The van der Waals surface area contributed by atoms with Crippen LogP contribution in [0.1, 0.15) is 9.67 Å². The molecule has 0 aromatic carbocycles. The van der Waals surface area contributed by atoms with Gasteiger partial charge >= 0.3 is 0 Å². The highest BCUT2D eigenvalue weighted by Crippen LogP contribution is 2.10. The Morgan fingerprint density at radius 2 is 2.33 bits per heavy atom. The molecule has 0 atom stereocenters. The summed E-state index contributed by atoms with van der Waals surface area (Å²) in [6, 6.07) is 3.49. The predicted molar refractivity (Wildman–Crippen MR) is 41.8 cm³/mol. The summed E-state index contributed by atoms with van der Waals surface area (Å²) in [5, 5.41) is 1.44. The fraction of sp³-hybridized carbons (Fsp3) is 0. The molecule has 0 saturated heterocycles. The molecular weight excluding hydrogens is 179 g/mol. The Morgan fingerprint density at radius 1 is 1.67 bits per heavy atom. The minimum absolute atomic E-state index is 0. The summed E-state index contributed by atoms with van der Waals surface area (Å²) in [6.45, 7) is 0. The van der Waals surface area contributed by atoms with Gasteiger partial charge < -0.3 is 0 Å². The van der Waals surface area contributed by atoms with Gasteiger partial charge in [0.15, 0.2) is 0 Å². The van der Waals surface area contributed by atoms with Crippen molar-refractivity contribution in [2.24, 2.45) is 0 Å². The van der Waals surface area contributed by atoms with Crippen molar-refractivity contribution < 1.29 is 4.79 Å². The van der Waals surface area contributed by atoms with Crippen LogP contribution >= 0.6 is 35.3 Å². The second kappa shape index (κ2) is 3.88. The van der Waals surface area contributed by atoms with Crippen LogP contribution in [0.25, 0.3) is 0 Å². The van der Waals surface area contributed by atoms with E-state index in [1.165, 1.54) is 11.3 Å². The van der Waals surface area contributed by atoms with E-state index in [1.807, 2.05) is 5.38 Å². The van der Waals surface area contributed by atoms with Crippen molar-refractivity contribution in [2.45, 2.75) is 0 Å². The monoisotopic (exact) mass is 182 g/mol. The molecule has 0 unspecified atom stereocenters. The molecule has 50 valence electrons. The average Bonchev–Trinajstić information content (AvgIpc) is 2.12. The van der Waals surface area contributed by atoms with Crippen molar-refractivity contribution in [1.82, 2.24) is 0 Å². The zero-order valence-electron chi connectivity index (χ0n) is 4.33. The summed E-state index contributed by atoms with van der Waals surface area (Å²) in [5.41, 5.74) is 0. The lowest BCUT2D eigenvalue weighted by Gasteiger charge is -1.76. The summed E-state index contributed by atoms with van der Waals surface area (Å²) < 4.78 is 0. The normalized spacial score (nSPS) is 8.11.